The van der Waals surface area contributed by atoms with Crippen molar-refractivity contribution in [2.24, 2.45) is 5.41 Å². The number of nitrogens with one attached hydrogen (secondary N) is 4. The van der Waals surface area contributed by atoms with Gasteiger partial charge in [-0.15, -0.1) is 0 Å². The van der Waals surface area contributed by atoms with E-state index in [0.717, 1.165) is 19.4 Å². The van der Waals surface area contributed by atoms with Crippen LogP contribution in [0.1, 0.15) is 78.6 Å². The first-order valence-electron chi connectivity index (χ1n) is 14.2. The third-order valence-electron chi connectivity index (χ3n) is 7.80. The fourth-order valence-corrected chi connectivity index (χ4v) is 7.17. The molecule has 0 radical (unpaired) electrons. The van der Waals surface area contributed by atoms with E-state index < -0.39 is 43.2 Å². The maximum atomic E-state index is 13.3. The van der Waals surface area contributed by atoms with Crippen LogP contribution in [0.15, 0.2) is 0 Å². The standard InChI is InChI=1S/C26H47N4O8P/c1-19(24(33)36-16-20-15-29-26(17-28-20)12-9-7-5-6-8-10-13-26)30-39(34)37-18-25(2,3)22(38-39)23(32)27-14-11-21(31)35-4/h19-20,22,28-29H,5-18H2,1-4H3,(H,27,32)(H,30,34)/t19-,20?,22+,39-/m1/s1. The molecule has 3 rings (SSSR count). The highest BCUT2D eigenvalue weighted by molar-refractivity contribution is 7.51. The Kier molecular flexibility index (Phi) is 11.8. The topological polar surface area (TPSA) is 153 Å². The predicted octanol–water partition coefficient (Wildman–Crippen LogP) is 2.17. The molecule has 1 aliphatic carbocycles. The zero-order valence-electron chi connectivity index (χ0n) is 23.8. The minimum Gasteiger partial charge on any atom is -0.469 e. The molecule has 2 saturated heterocycles. The maximum absolute atomic E-state index is 13.3. The average molecular weight is 575 g/mol. The number of amides is 1. The number of esters is 2. The Morgan fingerprint density at radius 3 is 2.38 bits per heavy atom. The first kappa shape index (κ1) is 32.0. The first-order valence-corrected chi connectivity index (χ1v) is 15.7. The van der Waals surface area contributed by atoms with Crippen molar-refractivity contribution in [3.8, 4) is 0 Å². The van der Waals surface area contributed by atoms with E-state index in [1.807, 2.05) is 0 Å². The third-order valence-corrected chi connectivity index (χ3v) is 9.46. The Morgan fingerprint density at radius 1 is 1.10 bits per heavy atom. The second-order valence-electron chi connectivity index (χ2n) is 11.7. The van der Waals surface area contributed by atoms with Crippen molar-refractivity contribution >= 4 is 25.6 Å². The second kappa shape index (κ2) is 14.4. The normalized spacial score (nSPS) is 29.7. The Hall–Kier alpha value is -1.56. The Bertz CT molecular complexity index is 881. The van der Waals surface area contributed by atoms with E-state index in [2.05, 4.69) is 25.8 Å². The smallest absolute Gasteiger partial charge is 0.407 e. The molecule has 4 atom stereocenters. The van der Waals surface area contributed by atoms with Crippen LogP contribution in [0.5, 0.6) is 0 Å². The molecule has 1 saturated carbocycles. The zero-order valence-corrected chi connectivity index (χ0v) is 24.7. The van der Waals surface area contributed by atoms with E-state index in [9.17, 15) is 18.9 Å². The Labute approximate surface area is 232 Å². The molecule has 1 unspecified atom stereocenters. The monoisotopic (exact) mass is 574 g/mol. The number of methoxy groups -OCH3 is 1. The van der Waals surface area contributed by atoms with Crippen LogP contribution in [0.2, 0.25) is 0 Å². The number of hydrogen-bond donors (Lipinski definition) is 4. The van der Waals surface area contributed by atoms with Gasteiger partial charge < -0.3 is 25.4 Å². The highest BCUT2D eigenvalue weighted by atomic mass is 31.2. The average Bonchev–Trinajstić information content (AvgIpc) is 3.02. The summed E-state index contributed by atoms with van der Waals surface area (Å²) in [6, 6.07) is -1.01. The van der Waals surface area contributed by atoms with Gasteiger partial charge in [0.15, 0.2) is 6.10 Å². The van der Waals surface area contributed by atoms with Crippen LogP contribution in [-0.2, 0) is 37.5 Å². The number of carbonyl (C=O) groups is 3. The van der Waals surface area contributed by atoms with Crippen LogP contribution < -0.4 is 21.0 Å². The van der Waals surface area contributed by atoms with E-state index in [0.29, 0.717) is 6.54 Å². The van der Waals surface area contributed by atoms with Crippen molar-refractivity contribution in [2.45, 2.75) is 102 Å². The number of rotatable bonds is 9. The van der Waals surface area contributed by atoms with E-state index in [-0.39, 0.29) is 37.8 Å². The Morgan fingerprint density at radius 2 is 1.77 bits per heavy atom. The first-order chi connectivity index (χ1) is 18.5. The molecule has 4 N–H and O–H groups in total. The summed E-state index contributed by atoms with van der Waals surface area (Å²) in [6.45, 7) is 6.75. The maximum Gasteiger partial charge on any atom is 0.407 e. The molecule has 0 aromatic carbocycles. The van der Waals surface area contributed by atoms with Gasteiger partial charge in [0, 0.05) is 30.6 Å². The van der Waals surface area contributed by atoms with Crippen LogP contribution in [0.4, 0.5) is 0 Å². The second-order valence-corrected chi connectivity index (χ2v) is 13.4. The van der Waals surface area contributed by atoms with Gasteiger partial charge in [-0.2, -0.15) is 0 Å². The lowest BCUT2D eigenvalue weighted by molar-refractivity contribution is -0.146. The predicted molar refractivity (Wildman–Crippen MR) is 145 cm³/mol. The van der Waals surface area contributed by atoms with Gasteiger partial charge in [-0.3, -0.25) is 23.4 Å². The molecule has 0 aromatic heterocycles. The van der Waals surface area contributed by atoms with E-state index in [4.69, 9.17) is 13.8 Å². The minimum absolute atomic E-state index is 0.00295. The van der Waals surface area contributed by atoms with Crippen molar-refractivity contribution < 1.29 is 37.5 Å². The summed E-state index contributed by atoms with van der Waals surface area (Å²) in [5.41, 5.74) is -0.675. The summed E-state index contributed by atoms with van der Waals surface area (Å²) >= 11 is 0. The van der Waals surface area contributed by atoms with Crippen LogP contribution in [0, 0.1) is 5.41 Å². The summed E-state index contributed by atoms with van der Waals surface area (Å²) < 4.78 is 34.4. The molecular weight excluding hydrogens is 527 g/mol. The van der Waals surface area contributed by atoms with Crippen LogP contribution in [-0.4, -0.2) is 81.5 Å². The van der Waals surface area contributed by atoms with Crippen molar-refractivity contribution in [1.29, 1.82) is 0 Å². The van der Waals surface area contributed by atoms with Gasteiger partial charge in [0.1, 0.15) is 12.6 Å². The highest BCUT2D eigenvalue weighted by Gasteiger charge is 2.49. The van der Waals surface area contributed by atoms with E-state index in [1.165, 1.54) is 52.6 Å². The summed E-state index contributed by atoms with van der Waals surface area (Å²) in [5, 5.41) is 12.5. The minimum atomic E-state index is -3.99. The number of carbonyl (C=O) groups excluding carboxylic acids is 3. The molecule has 1 amide bonds. The fraction of sp³-hybridized carbons (Fsp3) is 0.885. The molecule has 2 aliphatic heterocycles. The van der Waals surface area contributed by atoms with Crippen LogP contribution in [0.3, 0.4) is 0 Å². The summed E-state index contributed by atoms with van der Waals surface area (Å²) in [4.78, 5) is 36.8. The Balaban J connectivity index is 1.45. The van der Waals surface area contributed by atoms with Crippen molar-refractivity contribution in [2.75, 3.05) is 40.0 Å². The lowest BCUT2D eigenvalue weighted by Gasteiger charge is -2.42. The van der Waals surface area contributed by atoms with E-state index in [1.54, 1.807) is 13.8 Å². The largest absolute Gasteiger partial charge is 0.469 e. The molecule has 224 valence electrons. The lowest BCUT2D eigenvalue weighted by Crippen LogP contribution is -2.64. The fourth-order valence-electron chi connectivity index (χ4n) is 5.23. The molecule has 2 heterocycles. The molecule has 39 heavy (non-hydrogen) atoms. The highest BCUT2D eigenvalue weighted by Crippen LogP contribution is 2.53. The van der Waals surface area contributed by atoms with Crippen molar-refractivity contribution in [3.63, 3.8) is 0 Å². The van der Waals surface area contributed by atoms with Crippen molar-refractivity contribution in [3.05, 3.63) is 0 Å². The van der Waals surface area contributed by atoms with Gasteiger partial charge in [0.25, 0.3) is 0 Å². The van der Waals surface area contributed by atoms with Gasteiger partial charge in [0.05, 0.1) is 26.2 Å². The molecule has 3 fully saturated rings. The molecule has 1 spiro atoms. The molecule has 12 nitrogen and oxygen atoms in total. The number of piperazine rings is 1. The summed E-state index contributed by atoms with van der Waals surface area (Å²) in [5.74, 6) is -1.58. The quantitative estimate of drug-likeness (QED) is 0.237. The van der Waals surface area contributed by atoms with Crippen LogP contribution >= 0.6 is 7.75 Å². The van der Waals surface area contributed by atoms with Gasteiger partial charge in [-0.1, -0.05) is 52.4 Å². The van der Waals surface area contributed by atoms with Gasteiger partial charge in [0.2, 0.25) is 5.91 Å². The summed E-state index contributed by atoms with van der Waals surface area (Å²) in [7, 11) is -2.73. The lowest BCUT2D eigenvalue weighted by atomic mass is 9.85. The van der Waals surface area contributed by atoms with Gasteiger partial charge >= 0.3 is 19.7 Å². The van der Waals surface area contributed by atoms with Crippen LogP contribution in [0.25, 0.3) is 0 Å². The molecule has 13 heteroatoms. The third kappa shape index (κ3) is 9.50. The van der Waals surface area contributed by atoms with Gasteiger partial charge in [-0.05, 0) is 19.8 Å². The van der Waals surface area contributed by atoms with Gasteiger partial charge in [-0.25, -0.2) is 9.65 Å². The number of hydrogen-bond acceptors (Lipinski definition) is 10. The zero-order chi connectivity index (χ0) is 28.5. The molecule has 3 aliphatic rings. The number of ether oxygens (including phenoxy) is 2. The molecule has 0 aromatic rings. The summed E-state index contributed by atoms with van der Waals surface area (Å²) in [6.07, 6.45) is 8.86. The molecule has 0 bridgehead atoms. The SMILES string of the molecule is COC(=O)CCNC(=O)[C@@H]1O[P@@](=O)(N[C@H](C)C(=O)OCC2CNC3(CCCCCCCC3)CN2)OCC1(C)C. The van der Waals surface area contributed by atoms with E-state index >= 15 is 0 Å². The molecular formula is C26H47N4O8P. The van der Waals surface area contributed by atoms with Crippen molar-refractivity contribution in [1.82, 2.24) is 21.0 Å².